The highest BCUT2D eigenvalue weighted by Gasteiger charge is 2.13. The van der Waals surface area contributed by atoms with Gasteiger partial charge in [-0.05, 0) is 26.3 Å². The van der Waals surface area contributed by atoms with Crippen molar-refractivity contribution in [2.24, 2.45) is 11.7 Å². The molecule has 0 aliphatic heterocycles. The molecular formula is C13H25N3S. The van der Waals surface area contributed by atoms with Crippen molar-refractivity contribution < 1.29 is 0 Å². The summed E-state index contributed by atoms with van der Waals surface area (Å²) in [4.78, 5) is 7.10. The number of nitrogens with zero attached hydrogens (tertiary/aromatic N) is 2. The van der Waals surface area contributed by atoms with Crippen LogP contribution in [0.5, 0.6) is 0 Å². The Kier molecular flexibility index (Phi) is 6.09. The lowest BCUT2D eigenvalue weighted by Crippen LogP contribution is -2.33. The van der Waals surface area contributed by atoms with Crippen molar-refractivity contribution >= 4 is 11.3 Å². The van der Waals surface area contributed by atoms with Crippen LogP contribution in [0.3, 0.4) is 0 Å². The van der Waals surface area contributed by atoms with Crippen LogP contribution < -0.4 is 5.73 Å². The predicted molar refractivity (Wildman–Crippen MR) is 75.3 cm³/mol. The lowest BCUT2D eigenvalue weighted by molar-refractivity contribution is 0.187. The molecule has 0 aromatic carbocycles. The van der Waals surface area contributed by atoms with Crippen molar-refractivity contribution in [1.82, 2.24) is 9.88 Å². The minimum atomic E-state index is 0.567. The van der Waals surface area contributed by atoms with E-state index in [1.54, 1.807) is 11.3 Å². The quantitative estimate of drug-likeness (QED) is 0.814. The zero-order valence-corrected chi connectivity index (χ0v) is 12.3. The van der Waals surface area contributed by atoms with Crippen LogP contribution in [0, 0.1) is 5.92 Å². The fourth-order valence-corrected chi connectivity index (χ4v) is 2.60. The lowest BCUT2D eigenvalue weighted by Gasteiger charge is -2.27. The predicted octanol–water partition coefficient (Wildman–Crippen LogP) is 2.51. The second kappa shape index (κ2) is 7.09. The summed E-state index contributed by atoms with van der Waals surface area (Å²) in [6.45, 7) is 11.8. The molecule has 0 unspecified atom stereocenters. The Morgan fingerprint density at radius 1 is 1.35 bits per heavy atom. The van der Waals surface area contributed by atoms with Gasteiger partial charge in [-0.3, -0.25) is 4.90 Å². The molecule has 1 aromatic rings. The van der Waals surface area contributed by atoms with Crippen molar-refractivity contribution in [3.63, 3.8) is 0 Å². The highest BCUT2D eigenvalue weighted by atomic mass is 32.1. The summed E-state index contributed by atoms with van der Waals surface area (Å²) < 4.78 is 0. The first-order valence-electron chi connectivity index (χ1n) is 6.40. The summed E-state index contributed by atoms with van der Waals surface area (Å²) in [5, 5.41) is 3.33. The van der Waals surface area contributed by atoms with Crippen molar-refractivity contribution in [2.75, 3.05) is 13.1 Å². The average molecular weight is 255 g/mol. The minimum absolute atomic E-state index is 0.567. The maximum atomic E-state index is 5.54. The summed E-state index contributed by atoms with van der Waals surface area (Å²) in [6, 6.07) is 0.567. The molecule has 0 atom stereocenters. The van der Waals surface area contributed by atoms with Gasteiger partial charge in [-0.2, -0.15) is 0 Å². The summed E-state index contributed by atoms with van der Waals surface area (Å²) in [5.74, 6) is 0.694. The van der Waals surface area contributed by atoms with Crippen LogP contribution in [-0.4, -0.2) is 29.0 Å². The third-order valence-electron chi connectivity index (χ3n) is 2.65. The van der Waals surface area contributed by atoms with E-state index in [1.807, 2.05) is 0 Å². The Bertz CT molecular complexity index is 320. The molecule has 0 bridgehead atoms. The second-order valence-electron chi connectivity index (χ2n) is 5.19. The zero-order chi connectivity index (χ0) is 12.8. The first-order chi connectivity index (χ1) is 8.02. The van der Waals surface area contributed by atoms with Gasteiger partial charge in [0.25, 0.3) is 0 Å². The van der Waals surface area contributed by atoms with Crippen LogP contribution >= 0.6 is 11.3 Å². The maximum Gasteiger partial charge on any atom is 0.0941 e. The molecule has 2 N–H and O–H groups in total. The van der Waals surface area contributed by atoms with Crippen LogP contribution in [0.15, 0.2) is 5.38 Å². The summed E-state index contributed by atoms with van der Waals surface area (Å²) >= 11 is 1.73. The fourth-order valence-electron chi connectivity index (χ4n) is 1.79. The highest BCUT2D eigenvalue weighted by Crippen LogP contribution is 2.14. The molecule has 17 heavy (non-hydrogen) atoms. The van der Waals surface area contributed by atoms with Gasteiger partial charge in [0.15, 0.2) is 0 Å². The molecule has 0 spiro atoms. The maximum absolute atomic E-state index is 5.54. The Balaban J connectivity index is 2.58. The molecule has 1 aromatic heterocycles. The molecule has 3 nitrogen and oxygen atoms in total. The molecule has 1 rings (SSSR count). The Morgan fingerprint density at radius 3 is 2.59 bits per heavy atom. The number of thiazole rings is 1. The van der Waals surface area contributed by atoms with E-state index >= 15 is 0 Å². The molecule has 0 aliphatic carbocycles. The average Bonchev–Trinajstić information content (AvgIpc) is 2.64. The van der Waals surface area contributed by atoms with Gasteiger partial charge in [0.1, 0.15) is 0 Å². The van der Waals surface area contributed by atoms with E-state index in [0.717, 1.165) is 24.5 Å². The molecule has 4 heteroatoms. The smallest absolute Gasteiger partial charge is 0.0941 e. The molecule has 0 aliphatic rings. The first-order valence-corrected chi connectivity index (χ1v) is 7.28. The molecule has 0 saturated heterocycles. The fraction of sp³-hybridized carbons (Fsp3) is 0.769. The molecule has 0 amide bonds. The van der Waals surface area contributed by atoms with Gasteiger partial charge in [-0.15, -0.1) is 11.3 Å². The largest absolute Gasteiger partial charge is 0.330 e. The molecule has 1 heterocycles. The van der Waals surface area contributed by atoms with Gasteiger partial charge >= 0.3 is 0 Å². The normalized spacial score (nSPS) is 12.0. The van der Waals surface area contributed by atoms with Gasteiger partial charge in [0.05, 0.1) is 10.7 Å². The van der Waals surface area contributed by atoms with E-state index < -0.39 is 0 Å². The van der Waals surface area contributed by atoms with Crippen molar-refractivity contribution in [2.45, 2.75) is 46.7 Å². The van der Waals surface area contributed by atoms with Crippen LogP contribution in [0.4, 0.5) is 0 Å². The van der Waals surface area contributed by atoms with Gasteiger partial charge < -0.3 is 5.73 Å². The summed E-state index contributed by atoms with van der Waals surface area (Å²) in [6.07, 6.45) is 0.899. The SMILES string of the molecule is CC(C)CN(Cc1csc(CCN)n1)C(C)C. The van der Waals surface area contributed by atoms with Gasteiger partial charge in [-0.25, -0.2) is 4.98 Å². The number of aromatic nitrogens is 1. The standard InChI is InChI=1S/C13H25N3S/c1-10(2)7-16(11(3)4)8-12-9-17-13(15-12)5-6-14/h9-11H,5-8,14H2,1-4H3. The monoisotopic (exact) mass is 255 g/mol. The van der Waals surface area contributed by atoms with E-state index in [4.69, 9.17) is 5.73 Å². The Labute approximate surface area is 109 Å². The first kappa shape index (κ1) is 14.6. The Hall–Kier alpha value is -0.450. The summed E-state index contributed by atoms with van der Waals surface area (Å²) in [5.41, 5.74) is 6.73. The Morgan fingerprint density at radius 2 is 2.06 bits per heavy atom. The van der Waals surface area contributed by atoms with E-state index in [9.17, 15) is 0 Å². The van der Waals surface area contributed by atoms with Crippen LogP contribution in [0.2, 0.25) is 0 Å². The van der Waals surface area contributed by atoms with Crippen LogP contribution in [0.1, 0.15) is 38.4 Å². The van der Waals surface area contributed by atoms with E-state index in [-0.39, 0.29) is 0 Å². The number of nitrogens with two attached hydrogens (primary N) is 1. The van der Waals surface area contributed by atoms with E-state index in [2.05, 4.69) is 43.0 Å². The van der Waals surface area contributed by atoms with Crippen molar-refractivity contribution in [3.8, 4) is 0 Å². The number of hydrogen-bond acceptors (Lipinski definition) is 4. The van der Waals surface area contributed by atoms with E-state index in [0.29, 0.717) is 18.5 Å². The highest BCUT2D eigenvalue weighted by molar-refractivity contribution is 7.09. The third-order valence-corrected chi connectivity index (χ3v) is 3.61. The molecule has 0 saturated carbocycles. The lowest BCUT2D eigenvalue weighted by atomic mass is 10.1. The second-order valence-corrected chi connectivity index (χ2v) is 6.13. The van der Waals surface area contributed by atoms with Gasteiger partial charge in [-0.1, -0.05) is 13.8 Å². The van der Waals surface area contributed by atoms with Crippen LogP contribution in [0.25, 0.3) is 0 Å². The zero-order valence-electron chi connectivity index (χ0n) is 11.4. The molecule has 0 fully saturated rings. The van der Waals surface area contributed by atoms with Crippen molar-refractivity contribution in [3.05, 3.63) is 16.1 Å². The summed E-state index contributed by atoms with van der Waals surface area (Å²) in [7, 11) is 0. The number of rotatable bonds is 7. The minimum Gasteiger partial charge on any atom is -0.330 e. The molecular weight excluding hydrogens is 230 g/mol. The van der Waals surface area contributed by atoms with Crippen molar-refractivity contribution in [1.29, 1.82) is 0 Å². The molecule has 0 radical (unpaired) electrons. The third kappa shape index (κ3) is 5.15. The van der Waals surface area contributed by atoms with Crippen LogP contribution in [-0.2, 0) is 13.0 Å². The molecule has 98 valence electrons. The van der Waals surface area contributed by atoms with Gasteiger partial charge in [0.2, 0.25) is 0 Å². The van der Waals surface area contributed by atoms with Gasteiger partial charge in [0, 0.05) is 30.9 Å². The topological polar surface area (TPSA) is 42.1 Å². The van der Waals surface area contributed by atoms with E-state index in [1.165, 1.54) is 5.69 Å². The number of hydrogen-bond donors (Lipinski definition) is 1.